The molecule has 1 amide bonds. The number of carbonyl (C=O) groups excluding carboxylic acids is 1. The van der Waals surface area contributed by atoms with Crippen LogP contribution in [0.2, 0.25) is 0 Å². The number of aromatic nitrogens is 2. The number of sulfonamides is 1. The van der Waals surface area contributed by atoms with Gasteiger partial charge in [0.15, 0.2) is 0 Å². The standard InChI is InChI=1S/C12H14N4O3S2/c13-21(18,19)10-6-12(17)15(8-10)11-3-4-14-16(11)7-9-2-1-5-20-9/h1-5,10H,6-8H2,(H2,13,18,19). The first-order valence-electron chi connectivity index (χ1n) is 6.31. The molecule has 1 aliphatic heterocycles. The van der Waals surface area contributed by atoms with E-state index in [0.29, 0.717) is 12.4 Å². The summed E-state index contributed by atoms with van der Waals surface area (Å²) in [6.45, 7) is 0.623. The minimum atomic E-state index is -3.71. The molecule has 1 saturated heterocycles. The van der Waals surface area contributed by atoms with E-state index >= 15 is 0 Å². The second-order valence-corrected chi connectivity index (χ2v) is 7.72. The summed E-state index contributed by atoms with van der Waals surface area (Å²) in [6, 6.07) is 5.63. The second kappa shape index (κ2) is 5.24. The van der Waals surface area contributed by atoms with Crippen molar-refractivity contribution in [2.45, 2.75) is 18.2 Å². The van der Waals surface area contributed by atoms with Gasteiger partial charge < -0.3 is 0 Å². The quantitative estimate of drug-likeness (QED) is 0.878. The fourth-order valence-corrected chi connectivity index (χ4v) is 3.76. The first kappa shape index (κ1) is 14.2. The molecule has 3 rings (SSSR count). The molecule has 0 saturated carbocycles. The highest BCUT2D eigenvalue weighted by Crippen LogP contribution is 2.25. The normalized spacial score (nSPS) is 19.4. The van der Waals surface area contributed by atoms with Gasteiger partial charge in [0.25, 0.3) is 0 Å². The third kappa shape index (κ3) is 2.85. The number of hydrogen-bond acceptors (Lipinski definition) is 5. The smallest absolute Gasteiger partial charge is 0.229 e. The monoisotopic (exact) mass is 326 g/mol. The van der Waals surface area contributed by atoms with Gasteiger partial charge in [-0.3, -0.25) is 9.69 Å². The van der Waals surface area contributed by atoms with Crippen LogP contribution in [0.5, 0.6) is 0 Å². The minimum Gasteiger partial charge on any atom is -0.296 e. The van der Waals surface area contributed by atoms with Crippen LogP contribution in [0.3, 0.4) is 0 Å². The van der Waals surface area contributed by atoms with Gasteiger partial charge in [-0.25, -0.2) is 18.2 Å². The van der Waals surface area contributed by atoms with Crippen molar-refractivity contribution in [2.24, 2.45) is 5.14 Å². The lowest BCUT2D eigenvalue weighted by Crippen LogP contribution is -2.33. The van der Waals surface area contributed by atoms with Crippen LogP contribution in [-0.2, 0) is 21.4 Å². The molecule has 7 nitrogen and oxygen atoms in total. The van der Waals surface area contributed by atoms with Crippen LogP contribution in [0.15, 0.2) is 29.8 Å². The van der Waals surface area contributed by atoms with Gasteiger partial charge >= 0.3 is 0 Å². The Bertz CT molecular complexity index is 751. The van der Waals surface area contributed by atoms with Crippen molar-refractivity contribution in [2.75, 3.05) is 11.4 Å². The second-order valence-electron chi connectivity index (χ2n) is 4.85. The predicted octanol–water partition coefficient (Wildman–Crippen LogP) is 0.387. The molecule has 3 heterocycles. The number of carbonyl (C=O) groups is 1. The Morgan fingerprint density at radius 1 is 1.43 bits per heavy atom. The van der Waals surface area contributed by atoms with Crippen LogP contribution in [0.25, 0.3) is 0 Å². The molecule has 0 spiro atoms. The molecule has 9 heteroatoms. The van der Waals surface area contributed by atoms with Crippen LogP contribution in [0.1, 0.15) is 11.3 Å². The van der Waals surface area contributed by atoms with Crippen LogP contribution in [0, 0.1) is 0 Å². The van der Waals surface area contributed by atoms with E-state index in [0.717, 1.165) is 4.88 Å². The molecule has 112 valence electrons. The Morgan fingerprint density at radius 3 is 2.86 bits per heavy atom. The summed E-state index contributed by atoms with van der Waals surface area (Å²) < 4.78 is 24.5. The minimum absolute atomic E-state index is 0.0772. The summed E-state index contributed by atoms with van der Waals surface area (Å²) in [5, 5.41) is 10.5. The summed E-state index contributed by atoms with van der Waals surface area (Å²) in [5.74, 6) is 0.349. The van der Waals surface area contributed by atoms with Crippen LogP contribution < -0.4 is 10.0 Å². The average molecular weight is 326 g/mol. The van der Waals surface area contributed by atoms with E-state index in [1.54, 1.807) is 28.3 Å². The van der Waals surface area contributed by atoms with E-state index in [1.807, 2.05) is 17.5 Å². The molecule has 0 aromatic carbocycles. The maximum absolute atomic E-state index is 12.1. The van der Waals surface area contributed by atoms with Gasteiger partial charge in [0.1, 0.15) is 11.1 Å². The molecular weight excluding hydrogens is 312 g/mol. The molecular formula is C12H14N4O3S2. The average Bonchev–Trinajstić information content (AvgIpc) is 3.09. The number of amides is 1. The van der Waals surface area contributed by atoms with Crippen molar-refractivity contribution >= 4 is 33.1 Å². The zero-order valence-corrected chi connectivity index (χ0v) is 12.7. The topological polar surface area (TPSA) is 98.3 Å². The summed E-state index contributed by atoms with van der Waals surface area (Å²) in [7, 11) is -3.71. The molecule has 1 atom stereocenters. The van der Waals surface area contributed by atoms with E-state index in [1.165, 1.54) is 4.90 Å². The number of hydrogen-bond donors (Lipinski definition) is 1. The molecule has 2 aromatic heterocycles. The fraction of sp³-hybridized carbons (Fsp3) is 0.333. The van der Waals surface area contributed by atoms with Gasteiger partial charge in [-0.2, -0.15) is 5.10 Å². The molecule has 1 aliphatic rings. The third-order valence-corrected chi connectivity index (χ3v) is 5.52. The number of nitrogens with zero attached hydrogens (tertiary/aromatic N) is 3. The van der Waals surface area contributed by atoms with Gasteiger partial charge in [-0.15, -0.1) is 11.3 Å². The number of nitrogens with two attached hydrogens (primary N) is 1. The maximum atomic E-state index is 12.1. The molecule has 0 aliphatic carbocycles. The number of primary sulfonamides is 1. The largest absolute Gasteiger partial charge is 0.296 e. The lowest BCUT2D eigenvalue weighted by atomic mass is 10.4. The summed E-state index contributed by atoms with van der Waals surface area (Å²) in [5.41, 5.74) is 0. The first-order valence-corrected chi connectivity index (χ1v) is 8.80. The van der Waals surface area contributed by atoms with Crippen LogP contribution in [-0.4, -0.2) is 35.9 Å². The van der Waals surface area contributed by atoms with Crippen molar-refractivity contribution in [1.82, 2.24) is 9.78 Å². The van der Waals surface area contributed by atoms with Crippen molar-refractivity contribution in [3.63, 3.8) is 0 Å². The highest BCUT2D eigenvalue weighted by Gasteiger charge is 2.38. The Kier molecular flexibility index (Phi) is 3.56. The molecule has 1 fully saturated rings. The molecule has 21 heavy (non-hydrogen) atoms. The lowest BCUT2D eigenvalue weighted by Gasteiger charge is -2.17. The summed E-state index contributed by atoms with van der Waals surface area (Å²) >= 11 is 1.60. The Hall–Kier alpha value is -1.71. The fourth-order valence-electron chi connectivity index (χ4n) is 2.34. The van der Waals surface area contributed by atoms with Gasteiger partial charge in [0, 0.05) is 23.9 Å². The maximum Gasteiger partial charge on any atom is 0.229 e. The highest BCUT2D eigenvalue weighted by molar-refractivity contribution is 7.89. The van der Waals surface area contributed by atoms with Crippen molar-refractivity contribution < 1.29 is 13.2 Å². The van der Waals surface area contributed by atoms with Gasteiger partial charge in [-0.1, -0.05) is 6.07 Å². The van der Waals surface area contributed by atoms with Crippen molar-refractivity contribution in [1.29, 1.82) is 0 Å². The van der Waals surface area contributed by atoms with E-state index in [9.17, 15) is 13.2 Å². The van der Waals surface area contributed by atoms with Crippen LogP contribution in [0.4, 0.5) is 5.82 Å². The lowest BCUT2D eigenvalue weighted by molar-refractivity contribution is -0.117. The van der Waals surface area contributed by atoms with Gasteiger partial charge in [0.05, 0.1) is 12.7 Å². The number of thiophene rings is 1. The predicted molar refractivity (Wildman–Crippen MR) is 79.5 cm³/mol. The van der Waals surface area contributed by atoms with Gasteiger partial charge in [-0.05, 0) is 11.4 Å². The molecule has 2 aromatic rings. The molecule has 1 unspecified atom stereocenters. The SMILES string of the molecule is NS(=O)(=O)C1CC(=O)N(c2ccnn2Cc2cccs2)C1. The first-order chi connectivity index (χ1) is 9.95. The van der Waals surface area contributed by atoms with Crippen LogP contribution >= 0.6 is 11.3 Å². The zero-order chi connectivity index (χ0) is 15.0. The zero-order valence-electron chi connectivity index (χ0n) is 11.0. The summed E-state index contributed by atoms with van der Waals surface area (Å²) in [4.78, 5) is 14.6. The number of rotatable bonds is 4. The van der Waals surface area contributed by atoms with E-state index < -0.39 is 15.3 Å². The highest BCUT2D eigenvalue weighted by atomic mass is 32.2. The van der Waals surface area contributed by atoms with Crippen molar-refractivity contribution in [3.05, 3.63) is 34.7 Å². The van der Waals surface area contributed by atoms with Crippen molar-refractivity contribution in [3.8, 4) is 0 Å². The Morgan fingerprint density at radius 2 is 2.24 bits per heavy atom. The van der Waals surface area contributed by atoms with E-state index in [2.05, 4.69) is 5.10 Å². The van der Waals surface area contributed by atoms with E-state index in [-0.39, 0.29) is 18.9 Å². The third-order valence-electron chi connectivity index (χ3n) is 3.41. The Labute approximate surface area is 126 Å². The molecule has 0 bridgehead atoms. The molecule has 0 radical (unpaired) electrons. The van der Waals surface area contributed by atoms with Gasteiger partial charge in [0.2, 0.25) is 15.9 Å². The van der Waals surface area contributed by atoms with E-state index in [4.69, 9.17) is 5.14 Å². The summed E-state index contributed by atoms with van der Waals surface area (Å²) in [6.07, 6.45) is 1.52. The number of anilines is 1. The Balaban J connectivity index is 1.85. The molecule has 2 N–H and O–H groups in total.